The van der Waals surface area contributed by atoms with E-state index in [1.807, 2.05) is 0 Å². The highest BCUT2D eigenvalue weighted by Gasteiger charge is 2.38. The van der Waals surface area contributed by atoms with Gasteiger partial charge in [-0.15, -0.1) is 0 Å². The first kappa shape index (κ1) is 16.1. The number of benzene rings is 1. The fourth-order valence-electron chi connectivity index (χ4n) is 3.19. The number of rotatable bonds is 1. The van der Waals surface area contributed by atoms with E-state index in [-0.39, 0.29) is 27.4 Å². The smallest absolute Gasteiger partial charge is 0.402 e. The van der Waals surface area contributed by atoms with Gasteiger partial charge in [-0.05, 0) is 24.2 Å². The Morgan fingerprint density at radius 2 is 1.73 bits per heavy atom. The third-order valence-electron chi connectivity index (χ3n) is 4.50. The molecule has 132 valence electrons. The summed E-state index contributed by atoms with van der Waals surface area (Å²) in [4.78, 5) is 38.7. The molecule has 2 heterocycles. The van der Waals surface area contributed by atoms with Crippen LogP contribution in [0.25, 0.3) is 0 Å². The molecule has 1 aliphatic heterocycles. The summed E-state index contributed by atoms with van der Waals surface area (Å²) in [7, 11) is 0. The van der Waals surface area contributed by atoms with Crippen LogP contribution in [0.4, 0.5) is 10.6 Å². The van der Waals surface area contributed by atoms with Gasteiger partial charge in [-0.25, -0.2) is 4.79 Å². The summed E-state index contributed by atoms with van der Waals surface area (Å²) in [6.07, 6.45) is 2.81. The maximum absolute atomic E-state index is 12.7. The standard InChI is InChI=1S/C17H14N4O5/c22-13-10-6-2-3-7-11(10)14(23)15-12(13)16(21(25)26-15)18-19-17(24)20-8-4-1-5-9-20/h2-3,6-7H,1,4-5,8-9H2/b19-18+. The Bertz CT molecular complexity index is 956. The number of hydrogen-bond donors (Lipinski definition) is 0. The fraction of sp³-hybridized carbons (Fsp3) is 0.294. The van der Waals surface area contributed by atoms with Gasteiger partial charge in [0, 0.05) is 29.3 Å². The van der Waals surface area contributed by atoms with Crippen LogP contribution in [-0.4, -0.2) is 35.6 Å². The van der Waals surface area contributed by atoms with Crippen molar-refractivity contribution in [2.45, 2.75) is 19.3 Å². The second kappa shape index (κ2) is 6.17. The van der Waals surface area contributed by atoms with Gasteiger partial charge in [0.05, 0.1) is 5.11 Å². The van der Waals surface area contributed by atoms with Crippen molar-refractivity contribution in [2.75, 3.05) is 13.1 Å². The van der Waals surface area contributed by atoms with Crippen LogP contribution in [0.3, 0.4) is 0 Å². The van der Waals surface area contributed by atoms with E-state index in [0.717, 1.165) is 19.3 Å². The van der Waals surface area contributed by atoms with Gasteiger partial charge in [-0.2, -0.15) is 0 Å². The summed E-state index contributed by atoms with van der Waals surface area (Å²) in [5.74, 6) is -2.02. The van der Waals surface area contributed by atoms with Crippen LogP contribution >= 0.6 is 0 Å². The van der Waals surface area contributed by atoms with Crippen LogP contribution in [0, 0.1) is 5.21 Å². The summed E-state index contributed by atoms with van der Waals surface area (Å²) in [6, 6.07) is 5.61. The van der Waals surface area contributed by atoms with Crippen LogP contribution in [0.1, 0.15) is 51.3 Å². The minimum Gasteiger partial charge on any atom is -0.435 e. The molecule has 1 aromatic heterocycles. The Labute approximate surface area is 147 Å². The normalized spacial score (nSPS) is 16.7. The molecule has 1 aliphatic carbocycles. The van der Waals surface area contributed by atoms with E-state index < -0.39 is 23.4 Å². The number of nitrogens with zero attached hydrogens (tertiary/aromatic N) is 4. The summed E-state index contributed by atoms with van der Waals surface area (Å²) in [5.41, 5.74) is 0.0522. The average molecular weight is 354 g/mol. The number of hydrogen-bond acceptors (Lipinski definition) is 6. The quantitative estimate of drug-likeness (QED) is 0.491. The maximum atomic E-state index is 12.7. The molecule has 1 aromatic carbocycles. The second-order valence-electron chi connectivity index (χ2n) is 6.11. The van der Waals surface area contributed by atoms with E-state index in [0.29, 0.717) is 13.1 Å². The van der Waals surface area contributed by atoms with Crippen LogP contribution in [0.15, 0.2) is 39.0 Å². The first-order valence-corrected chi connectivity index (χ1v) is 8.24. The maximum Gasteiger partial charge on any atom is 0.402 e. The third-order valence-corrected chi connectivity index (χ3v) is 4.50. The van der Waals surface area contributed by atoms with Crippen molar-refractivity contribution in [3.63, 3.8) is 0 Å². The second-order valence-corrected chi connectivity index (χ2v) is 6.11. The Morgan fingerprint density at radius 3 is 2.42 bits per heavy atom. The molecule has 2 aromatic rings. The molecule has 26 heavy (non-hydrogen) atoms. The highest BCUT2D eigenvalue weighted by atomic mass is 16.7. The molecule has 4 rings (SSSR count). The third kappa shape index (κ3) is 2.48. The number of ketones is 2. The fourth-order valence-corrected chi connectivity index (χ4v) is 3.19. The zero-order chi connectivity index (χ0) is 18.3. The zero-order valence-corrected chi connectivity index (χ0v) is 13.7. The number of carbonyl (C=O) groups is 3. The predicted octanol–water partition coefficient (Wildman–Crippen LogP) is 2.38. The van der Waals surface area contributed by atoms with Gasteiger partial charge in [-0.3, -0.25) is 9.59 Å². The van der Waals surface area contributed by atoms with Gasteiger partial charge in [-0.1, -0.05) is 24.3 Å². The number of amides is 2. The van der Waals surface area contributed by atoms with Crippen molar-refractivity contribution >= 4 is 23.4 Å². The largest absolute Gasteiger partial charge is 0.435 e. The number of carbonyl (C=O) groups excluding carboxylic acids is 3. The lowest BCUT2D eigenvalue weighted by Gasteiger charge is -2.23. The van der Waals surface area contributed by atoms with Crippen LogP contribution in [0.2, 0.25) is 0 Å². The van der Waals surface area contributed by atoms with Gasteiger partial charge in [0.2, 0.25) is 11.6 Å². The van der Waals surface area contributed by atoms with Crippen LogP contribution in [-0.2, 0) is 0 Å². The van der Waals surface area contributed by atoms with Gasteiger partial charge in [0.25, 0.3) is 0 Å². The molecule has 1 fully saturated rings. The molecule has 1 saturated heterocycles. The van der Waals surface area contributed by atoms with Gasteiger partial charge < -0.3 is 14.6 Å². The van der Waals surface area contributed by atoms with Crippen molar-refractivity contribution in [3.8, 4) is 0 Å². The zero-order valence-electron chi connectivity index (χ0n) is 13.7. The lowest BCUT2D eigenvalue weighted by atomic mass is 9.88. The molecule has 0 atom stereocenters. The van der Waals surface area contributed by atoms with Gasteiger partial charge in [0.15, 0.2) is 0 Å². The van der Waals surface area contributed by atoms with Crippen molar-refractivity contribution < 1.29 is 23.8 Å². The molecular formula is C17H14N4O5. The van der Waals surface area contributed by atoms with Gasteiger partial charge >= 0.3 is 11.8 Å². The molecule has 2 amide bonds. The summed E-state index contributed by atoms with van der Waals surface area (Å²) < 4.78 is 4.87. The van der Waals surface area contributed by atoms with Crippen LogP contribution < -0.4 is 4.90 Å². The summed E-state index contributed by atoms with van der Waals surface area (Å²) >= 11 is 0. The van der Waals surface area contributed by atoms with E-state index in [4.69, 9.17) is 4.52 Å². The van der Waals surface area contributed by atoms with E-state index in [1.54, 1.807) is 12.1 Å². The number of fused-ring (bicyclic) bond motifs is 2. The highest BCUT2D eigenvalue weighted by Crippen LogP contribution is 2.32. The van der Waals surface area contributed by atoms with Crippen molar-refractivity contribution in [1.29, 1.82) is 0 Å². The first-order chi connectivity index (χ1) is 12.6. The SMILES string of the molecule is O=C1c2ccccc2C(=O)c2c1o[n+]([O-])c2/N=N/C(=O)N1CCCCC1. The average Bonchev–Trinajstić information content (AvgIpc) is 3.01. The van der Waals surface area contributed by atoms with E-state index in [9.17, 15) is 19.6 Å². The van der Waals surface area contributed by atoms with E-state index in [1.165, 1.54) is 17.0 Å². The molecule has 0 saturated carbocycles. The van der Waals surface area contributed by atoms with E-state index >= 15 is 0 Å². The minimum atomic E-state index is -0.588. The van der Waals surface area contributed by atoms with Crippen LogP contribution in [0.5, 0.6) is 0 Å². The molecule has 0 N–H and O–H groups in total. The van der Waals surface area contributed by atoms with E-state index in [2.05, 4.69) is 10.2 Å². The number of piperidine rings is 1. The number of azo groups is 1. The minimum absolute atomic E-state index is 0.0562. The summed E-state index contributed by atoms with van der Waals surface area (Å²) in [5, 5.41) is 19.2. The Balaban J connectivity index is 1.70. The molecular weight excluding hydrogens is 340 g/mol. The number of urea groups is 1. The Kier molecular flexibility index (Phi) is 3.83. The number of aromatic nitrogens is 1. The highest BCUT2D eigenvalue weighted by molar-refractivity contribution is 6.28. The molecule has 9 heteroatoms. The van der Waals surface area contributed by atoms with Crippen molar-refractivity contribution in [3.05, 3.63) is 51.9 Å². The lowest BCUT2D eigenvalue weighted by molar-refractivity contribution is -0.782. The number of likely N-dealkylation sites (tertiary alicyclic amines) is 1. The first-order valence-electron chi connectivity index (χ1n) is 8.24. The molecule has 9 nitrogen and oxygen atoms in total. The van der Waals surface area contributed by atoms with Gasteiger partial charge in [0.1, 0.15) is 11.3 Å². The molecule has 2 aliphatic rings. The van der Waals surface area contributed by atoms with Crippen molar-refractivity contribution in [2.24, 2.45) is 10.2 Å². The molecule has 0 bridgehead atoms. The monoisotopic (exact) mass is 354 g/mol. The van der Waals surface area contributed by atoms with Crippen molar-refractivity contribution in [1.82, 2.24) is 4.90 Å². The Hall–Kier alpha value is -3.36. The lowest BCUT2D eigenvalue weighted by Crippen LogP contribution is -2.33. The Morgan fingerprint density at radius 1 is 1.08 bits per heavy atom. The molecule has 0 unspecified atom stereocenters. The predicted molar refractivity (Wildman–Crippen MR) is 86.3 cm³/mol. The topological polar surface area (TPSA) is 119 Å². The molecule has 0 radical (unpaired) electrons. The summed E-state index contributed by atoms with van der Waals surface area (Å²) in [6.45, 7) is 1.15. The molecule has 0 spiro atoms.